The third-order valence-electron chi connectivity index (χ3n) is 5.40. The van der Waals surface area contributed by atoms with E-state index in [1.54, 1.807) is 26.0 Å². The van der Waals surface area contributed by atoms with E-state index in [1.165, 1.54) is 0 Å². The third-order valence-corrected chi connectivity index (χ3v) is 5.40. The molecule has 0 spiro atoms. The van der Waals surface area contributed by atoms with E-state index < -0.39 is 24.0 Å². The molecule has 2 aromatic rings. The molecule has 28 heavy (non-hydrogen) atoms. The Labute approximate surface area is 162 Å². The molecule has 7 heteroatoms. The van der Waals surface area contributed by atoms with Crippen molar-refractivity contribution in [2.75, 3.05) is 0 Å². The Kier molecular flexibility index (Phi) is 5.72. The van der Waals surface area contributed by atoms with Gasteiger partial charge in [-0.2, -0.15) is 0 Å². The molecule has 0 aliphatic heterocycles. The van der Waals surface area contributed by atoms with Gasteiger partial charge >= 0.3 is 11.6 Å². The molecule has 0 unspecified atom stereocenters. The van der Waals surface area contributed by atoms with Crippen molar-refractivity contribution < 1.29 is 23.8 Å². The second kappa shape index (κ2) is 8.04. The number of carboxylic acid groups (broad SMARTS) is 1. The van der Waals surface area contributed by atoms with Crippen LogP contribution in [-0.4, -0.2) is 29.1 Å². The van der Waals surface area contributed by atoms with Gasteiger partial charge in [0, 0.05) is 17.0 Å². The highest BCUT2D eigenvalue weighted by Gasteiger charge is 2.28. The van der Waals surface area contributed by atoms with E-state index in [2.05, 4.69) is 5.32 Å². The summed E-state index contributed by atoms with van der Waals surface area (Å²) in [5.74, 6) is -1.41. The topological polar surface area (TPSA) is 106 Å². The summed E-state index contributed by atoms with van der Waals surface area (Å²) in [6.07, 6.45) is 2.26. The lowest BCUT2D eigenvalue weighted by atomic mass is 9.99. The Morgan fingerprint density at radius 1 is 1.25 bits per heavy atom. The van der Waals surface area contributed by atoms with Gasteiger partial charge in [-0.25, -0.2) is 9.59 Å². The van der Waals surface area contributed by atoms with E-state index >= 15 is 0 Å². The van der Waals surface area contributed by atoms with Crippen LogP contribution < -0.4 is 15.7 Å². The van der Waals surface area contributed by atoms with Gasteiger partial charge in [0.2, 0.25) is 0 Å². The van der Waals surface area contributed by atoms with E-state index in [-0.39, 0.29) is 11.5 Å². The number of carboxylic acids is 1. The third kappa shape index (κ3) is 3.88. The minimum atomic E-state index is -1.07. The maximum Gasteiger partial charge on any atom is 0.339 e. The molecular formula is C21H25NO6. The van der Waals surface area contributed by atoms with Crippen LogP contribution in [0.4, 0.5) is 0 Å². The molecule has 0 saturated carbocycles. The number of benzene rings is 1. The van der Waals surface area contributed by atoms with Gasteiger partial charge in [-0.3, -0.25) is 4.79 Å². The molecule has 0 bridgehead atoms. The second-order valence-electron chi connectivity index (χ2n) is 7.33. The Hall–Kier alpha value is -2.83. The Morgan fingerprint density at radius 2 is 1.96 bits per heavy atom. The van der Waals surface area contributed by atoms with Gasteiger partial charge in [0.1, 0.15) is 17.4 Å². The zero-order chi connectivity index (χ0) is 20.4. The fourth-order valence-electron chi connectivity index (χ4n) is 3.55. The fourth-order valence-corrected chi connectivity index (χ4v) is 3.55. The molecular weight excluding hydrogens is 362 g/mol. The second-order valence-corrected chi connectivity index (χ2v) is 7.33. The number of nitrogens with one attached hydrogen (secondary N) is 1. The van der Waals surface area contributed by atoms with Crippen LogP contribution >= 0.6 is 0 Å². The highest BCUT2D eigenvalue weighted by Crippen LogP contribution is 2.29. The van der Waals surface area contributed by atoms with E-state index in [9.17, 15) is 19.5 Å². The lowest BCUT2D eigenvalue weighted by Crippen LogP contribution is -2.49. The minimum Gasteiger partial charge on any atom is -0.481 e. The molecule has 0 radical (unpaired) electrons. The van der Waals surface area contributed by atoms with Gasteiger partial charge in [0.25, 0.3) is 5.91 Å². The van der Waals surface area contributed by atoms with Gasteiger partial charge in [0.15, 0.2) is 6.10 Å². The summed E-state index contributed by atoms with van der Waals surface area (Å²) < 4.78 is 11.1. The van der Waals surface area contributed by atoms with Gasteiger partial charge in [-0.05, 0) is 49.8 Å². The van der Waals surface area contributed by atoms with Gasteiger partial charge in [0.05, 0.1) is 0 Å². The van der Waals surface area contributed by atoms with Crippen molar-refractivity contribution in [2.45, 2.75) is 58.6 Å². The quantitative estimate of drug-likeness (QED) is 0.708. The Morgan fingerprint density at radius 3 is 2.64 bits per heavy atom. The molecule has 7 nitrogen and oxygen atoms in total. The molecule has 1 amide bonds. The standard InChI is InChI=1S/C21H25NO6/c1-4-11(2)18(20(24)25)22-19(23)12(3)27-13-8-9-15-14-6-5-7-16(14)21(26)28-17(15)10-13/h8-12,18H,4-7H2,1-3H3,(H,22,23)(H,24,25)/t11-,12+,18+/m0/s1. The number of aliphatic carboxylic acids is 1. The van der Waals surface area contributed by atoms with Crippen LogP contribution in [0.15, 0.2) is 27.4 Å². The maximum absolute atomic E-state index is 12.4. The largest absolute Gasteiger partial charge is 0.481 e. The maximum atomic E-state index is 12.4. The smallest absolute Gasteiger partial charge is 0.339 e. The number of hydrogen-bond donors (Lipinski definition) is 2. The number of aryl methyl sites for hydroxylation is 1. The molecule has 0 saturated heterocycles. The van der Waals surface area contributed by atoms with Crippen molar-refractivity contribution in [2.24, 2.45) is 5.92 Å². The van der Waals surface area contributed by atoms with Crippen LogP contribution in [0.3, 0.4) is 0 Å². The van der Waals surface area contributed by atoms with Gasteiger partial charge in [-0.15, -0.1) is 0 Å². The molecule has 150 valence electrons. The zero-order valence-electron chi connectivity index (χ0n) is 16.3. The predicted molar refractivity (Wildman–Crippen MR) is 104 cm³/mol. The predicted octanol–water partition coefficient (Wildman–Crippen LogP) is 2.66. The van der Waals surface area contributed by atoms with Crippen molar-refractivity contribution in [3.8, 4) is 5.75 Å². The van der Waals surface area contributed by atoms with Gasteiger partial charge < -0.3 is 19.6 Å². The molecule has 1 aromatic heterocycles. The van der Waals surface area contributed by atoms with Crippen LogP contribution in [0.1, 0.15) is 44.7 Å². The van der Waals surface area contributed by atoms with Crippen LogP contribution in [0.5, 0.6) is 5.75 Å². The normalized spacial score (nSPS) is 16.2. The lowest BCUT2D eigenvalue weighted by molar-refractivity contribution is -0.144. The summed E-state index contributed by atoms with van der Waals surface area (Å²) in [6.45, 7) is 5.19. The molecule has 3 atom stereocenters. The summed E-state index contributed by atoms with van der Waals surface area (Å²) in [7, 11) is 0. The molecule has 2 N–H and O–H groups in total. The molecule has 1 aromatic carbocycles. The van der Waals surface area contributed by atoms with Crippen molar-refractivity contribution >= 4 is 22.8 Å². The summed E-state index contributed by atoms with van der Waals surface area (Å²) >= 11 is 0. The lowest BCUT2D eigenvalue weighted by Gasteiger charge is -2.22. The summed E-state index contributed by atoms with van der Waals surface area (Å²) in [4.78, 5) is 35.9. The average molecular weight is 387 g/mol. The fraction of sp³-hybridized carbons (Fsp3) is 0.476. The minimum absolute atomic E-state index is 0.203. The molecule has 0 fully saturated rings. The Bertz CT molecular complexity index is 963. The number of amides is 1. The van der Waals surface area contributed by atoms with Crippen molar-refractivity contribution in [1.29, 1.82) is 0 Å². The van der Waals surface area contributed by atoms with Crippen LogP contribution in [-0.2, 0) is 22.4 Å². The first-order valence-corrected chi connectivity index (χ1v) is 9.60. The van der Waals surface area contributed by atoms with Gasteiger partial charge in [-0.1, -0.05) is 20.3 Å². The first-order valence-electron chi connectivity index (χ1n) is 9.60. The highest BCUT2D eigenvalue weighted by atomic mass is 16.5. The van der Waals surface area contributed by atoms with Crippen LogP contribution in [0, 0.1) is 5.92 Å². The first kappa shape index (κ1) is 19.9. The monoisotopic (exact) mass is 387 g/mol. The van der Waals surface area contributed by atoms with E-state index in [0.29, 0.717) is 17.8 Å². The SMILES string of the molecule is CC[C@H](C)[C@@H](NC(=O)[C@@H](C)Oc1ccc2c3c(c(=O)oc2c1)CCC3)C(=O)O. The number of carbonyl (C=O) groups excluding carboxylic acids is 1. The van der Waals surface area contributed by atoms with E-state index in [0.717, 1.165) is 35.8 Å². The van der Waals surface area contributed by atoms with Crippen LogP contribution in [0.2, 0.25) is 0 Å². The van der Waals surface area contributed by atoms with Crippen molar-refractivity contribution in [3.05, 3.63) is 39.7 Å². The number of ether oxygens (including phenoxy) is 1. The summed E-state index contributed by atoms with van der Waals surface area (Å²) in [5, 5.41) is 12.7. The summed E-state index contributed by atoms with van der Waals surface area (Å²) in [5.41, 5.74) is 1.89. The van der Waals surface area contributed by atoms with Crippen LogP contribution in [0.25, 0.3) is 11.0 Å². The van der Waals surface area contributed by atoms with E-state index in [4.69, 9.17) is 9.15 Å². The average Bonchev–Trinajstić information content (AvgIpc) is 3.15. The molecule has 1 heterocycles. The number of hydrogen-bond acceptors (Lipinski definition) is 5. The molecule has 1 aliphatic carbocycles. The molecule has 1 aliphatic rings. The van der Waals surface area contributed by atoms with Crippen molar-refractivity contribution in [1.82, 2.24) is 5.32 Å². The number of carbonyl (C=O) groups is 2. The first-order chi connectivity index (χ1) is 13.3. The molecule has 3 rings (SSSR count). The van der Waals surface area contributed by atoms with E-state index in [1.807, 2.05) is 13.0 Å². The summed E-state index contributed by atoms with van der Waals surface area (Å²) in [6, 6.07) is 4.19. The number of fused-ring (bicyclic) bond motifs is 3. The number of rotatable bonds is 7. The Balaban J connectivity index is 1.76. The van der Waals surface area contributed by atoms with Crippen molar-refractivity contribution in [3.63, 3.8) is 0 Å². The highest BCUT2D eigenvalue weighted by molar-refractivity contribution is 5.87. The zero-order valence-corrected chi connectivity index (χ0v) is 16.3.